The Kier molecular flexibility index (Phi) is 4.50. The first-order valence-corrected chi connectivity index (χ1v) is 11.8. The Labute approximate surface area is 191 Å². The van der Waals surface area contributed by atoms with Crippen molar-refractivity contribution in [2.24, 2.45) is 5.92 Å². The summed E-state index contributed by atoms with van der Waals surface area (Å²) in [5.41, 5.74) is 5.61. The quantitative estimate of drug-likeness (QED) is 0.639. The first kappa shape index (κ1) is 20.3. The van der Waals surface area contributed by atoms with Crippen LogP contribution in [0.4, 0.5) is 0 Å². The predicted octanol–water partition coefficient (Wildman–Crippen LogP) is 4.49. The van der Waals surface area contributed by atoms with Gasteiger partial charge in [-0.2, -0.15) is 5.10 Å². The summed E-state index contributed by atoms with van der Waals surface area (Å²) in [6.07, 6.45) is 10.8. The molecule has 0 spiro atoms. The molecule has 3 aromatic rings. The zero-order valence-corrected chi connectivity index (χ0v) is 18.9. The minimum Gasteiger partial charge on any atom is -0.492 e. The van der Waals surface area contributed by atoms with Crippen molar-refractivity contribution < 1.29 is 14.6 Å². The molecule has 7 nitrogen and oxygen atoms in total. The topological polar surface area (TPSA) is 86.4 Å². The normalized spacial score (nSPS) is 18.9. The molecule has 2 aliphatic heterocycles. The van der Waals surface area contributed by atoms with Crippen LogP contribution < -0.4 is 10.2 Å². The van der Waals surface area contributed by atoms with Gasteiger partial charge in [0, 0.05) is 53.2 Å². The predicted molar refractivity (Wildman–Crippen MR) is 124 cm³/mol. The van der Waals surface area contributed by atoms with Crippen LogP contribution in [-0.4, -0.2) is 32.0 Å². The molecule has 2 aromatic heterocycles. The van der Waals surface area contributed by atoms with Crippen LogP contribution in [0.3, 0.4) is 0 Å². The maximum Gasteiger partial charge on any atom is 0.341 e. The Balaban J connectivity index is 1.56. The summed E-state index contributed by atoms with van der Waals surface area (Å²) in [6, 6.07) is 4.27. The first-order valence-electron chi connectivity index (χ1n) is 11.8. The average molecular weight is 446 g/mol. The highest BCUT2D eigenvalue weighted by Crippen LogP contribution is 2.48. The fourth-order valence-corrected chi connectivity index (χ4v) is 5.53. The van der Waals surface area contributed by atoms with Gasteiger partial charge in [0.2, 0.25) is 0 Å². The number of hydrogen-bond acceptors (Lipinski definition) is 4. The number of carbonyl (C=O) groups is 1. The van der Waals surface area contributed by atoms with E-state index in [9.17, 15) is 14.7 Å². The van der Waals surface area contributed by atoms with Crippen molar-refractivity contribution in [1.82, 2.24) is 14.3 Å². The molecule has 6 rings (SSSR count). The van der Waals surface area contributed by atoms with Crippen LogP contribution in [0.25, 0.3) is 22.4 Å². The molecule has 3 aliphatic rings. The SMILES string of the molecule is CC(C)C1Cc2cc(-c3cnn(C4CCC4)c3)c3c(c2-c2cc(=O)c(C(=O)O)cn21)CCO3. The van der Waals surface area contributed by atoms with Crippen LogP contribution in [0, 0.1) is 5.92 Å². The van der Waals surface area contributed by atoms with Gasteiger partial charge in [-0.25, -0.2) is 4.79 Å². The minimum atomic E-state index is -1.18. The van der Waals surface area contributed by atoms with E-state index in [1.54, 1.807) is 0 Å². The number of hydrogen-bond donors (Lipinski definition) is 1. The van der Waals surface area contributed by atoms with Crippen LogP contribution in [0.1, 0.15) is 66.7 Å². The van der Waals surface area contributed by atoms with E-state index in [1.807, 2.05) is 10.8 Å². The Hall–Kier alpha value is -3.35. The molecule has 1 fully saturated rings. The van der Waals surface area contributed by atoms with Gasteiger partial charge in [0.25, 0.3) is 0 Å². The van der Waals surface area contributed by atoms with Gasteiger partial charge >= 0.3 is 5.97 Å². The van der Waals surface area contributed by atoms with E-state index in [0.717, 1.165) is 46.5 Å². The Morgan fingerprint density at radius 1 is 1.24 bits per heavy atom. The maximum absolute atomic E-state index is 12.7. The average Bonchev–Trinajstić information content (AvgIpc) is 3.40. The van der Waals surface area contributed by atoms with E-state index < -0.39 is 11.4 Å². The van der Waals surface area contributed by atoms with E-state index in [2.05, 4.69) is 35.9 Å². The Bertz CT molecular complexity index is 1350. The van der Waals surface area contributed by atoms with E-state index in [4.69, 9.17) is 4.74 Å². The number of benzene rings is 1. The van der Waals surface area contributed by atoms with E-state index in [1.165, 1.54) is 37.1 Å². The number of rotatable bonds is 4. The van der Waals surface area contributed by atoms with Gasteiger partial charge in [-0.15, -0.1) is 0 Å². The van der Waals surface area contributed by atoms with E-state index in [-0.39, 0.29) is 17.5 Å². The first-order chi connectivity index (χ1) is 15.9. The number of aromatic nitrogens is 3. The van der Waals surface area contributed by atoms with Gasteiger partial charge in [-0.1, -0.05) is 13.8 Å². The van der Waals surface area contributed by atoms with Crippen LogP contribution in [-0.2, 0) is 12.8 Å². The third-order valence-corrected chi connectivity index (χ3v) is 7.54. The highest BCUT2D eigenvalue weighted by molar-refractivity contribution is 5.88. The lowest BCUT2D eigenvalue weighted by Gasteiger charge is -2.34. The molecular formula is C26H27N3O4. The molecule has 33 heavy (non-hydrogen) atoms. The molecule has 1 aromatic carbocycles. The number of aromatic carboxylic acids is 1. The molecule has 1 atom stereocenters. The summed E-state index contributed by atoms with van der Waals surface area (Å²) in [5, 5.41) is 14.2. The van der Waals surface area contributed by atoms with E-state index in [0.29, 0.717) is 12.6 Å². The van der Waals surface area contributed by atoms with Crippen molar-refractivity contribution in [2.75, 3.05) is 6.61 Å². The summed E-state index contributed by atoms with van der Waals surface area (Å²) in [6.45, 7) is 4.87. The number of nitrogens with zero attached hydrogens (tertiary/aromatic N) is 3. The lowest BCUT2D eigenvalue weighted by atomic mass is 9.82. The maximum atomic E-state index is 12.7. The smallest absolute Gasteiger partial charge is 0.341 e. The third kappa shape index (κ3) is 3.05. The van der Waals surface area contributed by atoms with Crippen LogP contribution in [0.15, 0.2) is 35.5 Å². The number of fused-ring (bicyclic) bond motifs is 5. The summed E-state index contributed by atoms with van der Waals surface area (Å²) < 4.78 is 10.2. The second-order valence-corrected chi connectivity index (χ2v) is 9.82. The Morgan fingerprint density at radius 2 is 2.06 bits per heavy atom. The lowest BCUT2D eigenvalue weighted by molar-refractivity contribution is 0.0694. The summed E-state index contributed by atoms with van der Waals surface area (Å²) in [5.74, 6) is -0.0439. The highest BCUT2D eigenvalue weighted by atomic mass is 16.5. The highest BCUT2D eigenvalue weighted by Gasteiger charge is 2.34. The summed E-state index contributed by atoms with van der Waals surface area (Å²) in [4.78, 5) is 24.3. The second kappa shape index (κ2) is 7.33. The number of pyridine rings is 1. The van der Waals surface area contributed by atoms with Gasteiger partial charge in [0.1, 0.15) is 11.3 Å². The largest absolute Gasteiger partial charge is 0.492 e. The zero-order chi connectivity index (χ0) is 22.9. The van der Waals surface area contributed by atoms with Gasteiger partial charge in [-0.05, 0) is 43.2 Å². The van der Waals surface area contributed by atoms with Crippen molar-refractivity contribution >= 4 is 5.97 Å². The summed E-state index contributed by atoms with van der Waals surface area (Å²) >= 11 is 0. The van der Waals surface area contributed by atoms with Gasteiger partial charge in [-0.3, -0.25) is 9.48 Å². The lowest BCUT2D eigenvalue weighted by Crippen LogP contribution is -2.28. The Morgan fingerprint density at radius 3 is 2.76 bits per heavy atom. The standard InChI is InChI=1S/C26H27N3O4/c1-14(2)21-9-15-8-19(16-11-27-29(12-16)17-4-3-5-17)25-18(6-7-33-25)24(15)22-10-23(30)20(26(31)32)13-28(21)22/h8,10-14,17,21H,3-7,9H2,1-2H3,(H,31,32). The van der Waals surface area contributed by atoms with E-state index >= 15 is 0 Å². The fourth-order valence-electron chi connectivity index (χ4n) is 5.53. The van der Waals surface area contributed by atoms with Crippen molar-refractivity contribution in [3.63, 3.8) is 0 Å². The molecule has 0 amide bonds. The second-order valence-electron chi connectivity index (χ2n) is 9.82. The third-order valence-electron chi connectivity index (χ3n) is 7.54. The van der Waals surface area contributed by atoms with Crippen LogP contribution in [0.5, 0.6) is 5.75 Å². The molecule has 0 bridgehead atoms. The summed E-state index contributed by atoms with van der Waals surface area (Å²) in [7, 11) is 0. The monoisotopic (exact) mass is 445 g/mol. The number of ether oxygens (including phenoxy) is 1. The zero-order valence-electron chi connectivity index (χ0n) is 18.9. The van der Waals surface area contributed by atoms with Crippen molar-refractivity contribution in [1.29, 1.82) is 0 Å². The number of carboxylic acids is 1. The molecule has 170 valence electrons. The van der Waals surface area contributed by atoms with Crippen LogP contribution in [0.2, 0.25) is 0 Å². The van der Waals surface area contributed by atoms with Crippen LogP contribution >= 0.6 is 0 Å². The molecule has 1 N–H and O–H groups in total. The molecule has 1 aliphatic carbocycles. The molecular weight excluding hydrogens is 418 g/mol. The van der Waals surface area contributed by atoms with Crippen molar-refractivity contribution in [3.05, 3.63) is 57.6 Å². The fraction of sp³-hybridized carbons (Fsp3) is 0.423. The van der Waals surface area contributed by atoms with Crippen molar-refractivity contribution in [3.8, 4) is 28.1 Å². The molecule has 1 unspecified atom stereocenters. The van der Waals surface area contributed by atoms with Crippen molar-refractivity contribution in [2.45, 2.75) is 58.0 Å². The molecule has 4 heterocycles. The van der Waals surface area contributed by atoms with Gasteiger partial charge in [0.15, 0.2) is 5.43 Å². The van der Waals surface area contributed by atoms with Gasteiger partial charge in [0.05, 0.1) is 24.5 Å². The molecule has 1 saturated carbocycles. The van der Waals surface area contributed by atoms with Gasteiger partial charge < -0.3 is 14.4 Å². The molecule has 0 radical (unpaired) electrons. The molecule has 0 saturated heterocycles. The minimum absolute atomic E-state index is 0.0668. The number of carboxylic acid groups (broad SMARTS) is 1. The molecule has 7 heteroatoms.